The summed E-state index contributed by atoms with van der Waals surface area (Å²) < 4.78 is 16.4. The van der Waals surface area contributed by atoms with Crippen molar-refractivity contribution >= 4 is 29.9 Å². The Morgan fingerprint density at radius 3 is 2.39 bits per heavy atom. The van der Waals surface area contributed by atoms with Crippen molar-refractivity contribution in [2.45, 2.75) is 20.0 Å². The molecule has 0 saturated heterocycles. The summed E-state index contributed by atoms with van der Waals surface area (Å²) in [7, 11) is 7.11. The molecule has 0 aliphatic carbocycles. The second-order valence-corrected chi connectivity index (χ2v) is 5.99. The van der Waals surface area contributed by atoms with E-state index in [9.17, 15) is 0 Å². The summed E-state index contributed by atoms with van der Waals surface area (Å²) in [5.74, 6) is 3.15. The van der Waals surface area contributed by atoms with E-state index in [4.69, 9.17) is 14.2 Å². The van der Waals surface area contributed by atoms with Gasteiger partial charge < -0.3 is 24.4 Å². The molecule has 0 atom stereocenters. The molecule has 28 heavy (non-hydrogen) atoms. The fraction of sp³-hybridized carbons (Fsp3) is 0.381. The third-order valence-corrected chi connectivity index (χ3v) is 4.15. The Bertz CT molecular complexity index is 768. The molecule has 0 bridgehead atoms. The van der Waals surface area contributed by atoms with Gasteiger partial charge in [-0.1, -0.05) is 24.3 Å². The Kier molecular flexibility index (Phi) is 10.5. The number of hydrogen-bond donors (Lipinski definition) is 1. The molecule has 0 aliphatic rings. The van der Waals surface area contributed by atoms with Crippen molar-refractivity contribution in [2.24, 2.45) is 4.99 Å². The van der Waals surface area contributed by atoms with Gasteiger partial charge in [-0.15, -0.1) is 24.0 Å². The Morgan fingerprint density at radius 1 is 1.04 bits per heavy atom. The molecular formula is C21H30IN3O3. The van der Waals surface area contributed by atoms with E-state index >= 15 is 0 Å². The number of hydrogen-bond acceptors (Lipinski definition) is 4. The summed E-state index contributed by atoms with van der Waals surface area (Å²) in [6, 6.07) is 13.9. The highest BCUT2D eigenvalue weighted by Gasteiger charge is 2.11. The molecule has 0 aliphatic heterocycles. The number of rotatable bonds is 8. The van der Waals surface area contributed by atoms with Gasteiger partial charge in [-0.25, -0.2) is 0 Å². The Balaban J connectivity index is 0.00000392. The van der Waals surface area contributed by atoms with Gasteiger partial charge in [0.05, 0.1) is 20.8 Å². The number of para-hydroxylation sites is 1. The average Bonchev–Trinajstić information content (AvgIpc) is 2.70. The van der Waals surface area contributed by atoms with Gasteiger partial charge in [-0.05, 0) is 30.7 Å². The first-order valence-electron chi connectivity index (χ1n) is 8.96. The molecule has 0 spiro atoms. The van der Waals surface area contributed by atoms with Crippen LogP contribution < -0.4 is 19.5 Å². The SMILES string of the molecule is CCOc1ccc(CNC(=NC)N(C)Cc2ccccc2OC)cc1OC.I. The topological polar surface area (TPSA) is 55.3 Å². The molecule has 0 fully saturated rings. The van der Waals surface area contributed by atoms with Gasteiger partial charge >= 0.3 is 0 Å². The van der Waals surface area contributed by atoms with E-state index in [-0.39, 0.29) is 24.0 Å². The molecule has 2 aromatic rings. The maximum atomic E-state index is 5.57. The number of guanidine groups is 1. The van der Waals surface area contributed by atoms with Gasteiger partial charge in [0.25, 0.3) is 0 Å². The molecule has 0 heterocycles. The highest BCUT2D eigenvalue weighted by Crippen LogP contribution is 2.28. The van der Waals surface area contributed by atoms with E-state index in [1.54, 1.807) is 21.3 Å². The zero-order chi connectivity index (χ0) is 19.6. The van der Waals surface area contributed by atoms with E-state index in [0.29, 0.717) is 19.7 Å². The molecule has 0 amide bonds. The van der Waals surface area contributed by atoms with Crippen LogP contribution in [0.25, 0.3) is 0 Å². The molecule has 2 rings (SSSR count). The summed E-state index contributed by atoms with van der Waals surface area (Å²) in [6.07, 6.45) is 0. The molecule has 6 nitrogen and oxygen atoms in total. The Hall–Kier alpha value is -2.16. The van der Waals surface area contributed by atoms with Crippen molar-refractivity contribution in [3.63, 3.8) is 0 Å². The predicted octanol–water partition coefficient (Wildman–Crippen LogP) is 3.93. The second-order valence-electron chi connectivity index (χ2n) is 5.99. The highest BCUT2D eigenvalue weighted by atomic mass is 127. The number of nitrogens with one attached hydrogen (secondary N) is 1. The molecule has 0 saturated carbocycles. The standard InChI is InChI=1S/C21H29N3O3.HI/c1-6-27-19-12-11-16(13-20(19)26-5)14-23-21(22-2)24(3)15-17-9-7-8-10-18(17)25-4;/h7-13H,6,14-15H2,1-5H3,(H,22,23);1H. The Labute approximate surface area is 184 Å². The summed E-state index contributed by atoms with van der Waals surface area (Å²) in [5, 5.41) is 3.38. The summed E-state index contributed by atoms with van der Waals surface area (Å²) in [6.45, 7) is 3.88. The number of halogens is 1. The van der Waals surface area contributed by atoms with Gasteiger partial charge in [0.2, 0.25) is 0 Å². The van der Waals surface area contributed by atoms with Gasteiger partial charge in [-0.2, -0.15) is 0 Å². The van der Waals surface area contributed by atoms with Crippen molar-refractivity contribution in [3.05, 3.63) is 53.6 Å². The smallest absolute Gasteiger partial charge is 0.193 e. The monoisotopic (exact) mass is 499 g/mol. The molecule has 154 valence electrons. The number of methoxy groups -OCH3 is 2. The number of ether oxygens (including phenoxy) is 3. The molecule has 0 unspecified atom stereocenters. The lowest BCUT2D eigenvalue weighted by Gasteiger charge is -2.23. The minimum absolute atomic E-state index is 0. The lowest BCUT2D eigenvalue weighted by molar-refractivity contribution is 0.310. The van der Waals surface area contributed by atoms with E-state index in [2.05, 4.69) is 21.3 Å². The molecular weight excluding hydrogens is 469 g/mol. The second kappa shape index (κ2) is 12.3. The van der Waals surface area contributed by atoms with Crippen molar-refractivity contribution in [2.75, 3.05) is 34.9 Å². The number of benzene rings is 2. The molecule has 0 aromatic heterocycles. The largest absolute Gasteiger partial charge is 0.496 e. The summed E-state index contributed by atoms with van der Waals surface area (Å²) >= 11 is 0. The van der Waals surface area contributed by atoms with Crippen LogP contribution in [0.2, 0.25) is 0 Å². The summed E-state index contributed by atoms with van der Waals surface area (Å²) in [4.78, 5) is 6.44. The van der Waals surface area contributed by atoms with Gasteiger partial charge in [0.15, 0.2) is 17.5 Å². The van der Waals surface area contributed by atoms with Crippen LogP contribution in [0.15, 0.2) is 47.5 Å². The fourth-order valence-corrected chi connectivity index (χ4v) is 2.83. The van der Waals surface area contributed by atoms with Crippen LogP contribution >= 0.6 is 24.0 Å². The van der Waals surface area contributed by atoms with E-state index in [1.807, 2.05) is 50.4 Å². The maximum absolute atomic E-state index is 5.57. The van der Waals surface area contributed by atoms with Crippen LogP contribution in [0.4, 0.5) is 0 Å². The van der Waals surface area contributed by atoms with Crippen LogP contribution in [0.1, 0.15) is 18.1 Å². The zero-order valence-corrected chi connectivity index (χ0v) is 19.5. The lowest BCUT2D eigenvalue weighted by atomic mass is 10.2. The van der Waals surface area contributed by atoms with Crippen LogP contribution in [-0.4, -0.2) is 45.8 Å². The van der Waals surface area contributed by atoms with E-state index in [0.717, 1.165) is 34.3 Å². The van der Waals surface area contributed by atoms with Gasteiger partial charge in [0.1, 0.15) is 5.75 Å². The minimum atomic E-state index is 0. The molecule has 2 aromatic carbocycles. The maximum Gasteiger partial charge on any atom is 0.193 e. The third kappa shape index (κ3) is 6.47. The van der Waals surface area contributed by atoms with Crippen LogP contribution in [0, 0.1) is 0 Å². The molecule has 7 heteroatoms. The first-order valence-corrected chi connectivity index (χ1v) is 8.96. The Morgan fingerprint density at radius 2 is 1.75 bits per heavy atom. The van der Waals surface area contributed by atoms with Gasteiger partial charge in [-0.3, -0.25) is 4.99 Å². The molecule has 0 radical (unpaired) electrons. The first-order chi connectivity index (χ1) is 13.1. The van der Waals surface area contributed by atoms with Crippen LogP contribution in [-0.2, 0) is 13.1 Å². The van der Waals surface area contributed by atoms with E-state index in [1.165, 1.54) is 0 Å². The highest BCUT2D eigenvalue weighted by molar-refractivity contribution is 14.0. The minimum Gasteiger partial charge on any atom is -0.496 e. The molecule has 1 N–H and O–H groups in total. The lowest BCUT2D eigenvalue weighted by Crippen LogP contribution is -2.38. The zero-order valence-electron chi connectivity index (χ0n) is 17.2. The van der Waals surface area contributed by atoms with Crippen molar-refractivity contribution in [1.29, 1.82) is 0 Å². The van der Waals surface area contributed by atoms with Crippen molar-refractivity contribution in [3.8, 4) is 17.2 Å². The van der Waals surface area contributed by atoms with E-state index < -0.39 is 0 Å². The predicted molar refractivity (Wildman–Crippen MR) is 124 cm³/mol. The fourth-order valence-electron chi connectivity index (χ4n) is 2.83. The van der Waals surface area contributed by atoms with Crippen molar-refractivity contribution in [1.82, 2.24) is 10.2 Å². The van der Waals surface area contributed by atoms with Crippen molar-refractivity contribution < 1.29 is 14.2 Å². The van der Waals surface area contributed by atoms with Crippen LogP contribution in [0.3, 0.4) is 0 Å². The quantitative estimate of drug-likeness (QED) is 0.339. The number of aliphatic imine (C=N–C) groups is 1. The van der Waals surface area contributed by atoms with Crippen LogP contribution in [0.5, 0.6) is 17.2 Å². The average molecular weight is 499 g/mol. The number of nitrogens with zero attached hydrogens (tertiary/aromatic N) is 2. The third-order valence-electron chi connectivity index (χ3n) is 4.15. The normalized spacial score (nSPS) is 10.7. The summed E-state index contributed by atoms with van der Waals surface area (Å²) in [5.41, 5.74) is 2.19. The first kappa shape index (κ1) is 23.9. The van der Waals surface area contributed by atoms with Gasteiger partial charge in [0, 0.05) is 32.7 Å².